The summed E-state index contributed by atoms with van der Waals surface area (Å²) in [5.74, 6) is -0.944. The van der Waals surface area contributed by atoms with E-state index in [0.29, 0.717) is 5.20 Å². The molecular weight excluding hydrogens is 236 g/mol. The highest BCUT2D eigenvalue weighted by atomic mass is 28.3. The zero-order valence-electron chi connectivity index (χ0n) is 9.80. The van der Waals surface area contributed by atoms with Crippen LogP contribution in [-0.4, -0.2) is 21.2 Å². The van der Waals surface area contributed by atoms with Crippen molar-refractivity contribution in [2.75, 3.05) is 0 Å². The Labute approximate surface area is 102 Å². The summed E-state index contributed by atoms with van der Waals surface area (Å²) in [4.78, 5) is 21.9. The molecule has 0 spiro atoms. The van der Waals surface area contributed by atoms with Gasteiger partial charge in [0.15, 0.2) is 0 Å². The molecule has 0 N–H and O–H groups in total. The van der Waals surface area contributed by atoms with Crippen molar-refractivity contribution in [3.05, 3.63) is 42.5 Å². The lowest BCUT2D eigenvalue weighted by Gasteiger charge is -2.16. The molecule has 5 heteroatoms. The van der Waals surface area contributed by atoms with Crippen molar-refractivity contribution in [1.82, 2.24) is 0 Å². The highest BCUT2D eigenvalue weighted by Gasteiger charge is 2.25. The molecule has 0 saturated carbocycles. The predicted octanol–water partition coefficient (Wildman–Crippen LogP) is 1.59. The first kappa shape index (κ1) is 13.2. The van der Waals surface area contributed by atoms with Crippen molar-refractivity contribution in [3.8, 4) is 0 Å². The van der Waals surface area contributed by atoms with Gasteiger partial charge in [0.05, 0.1) is 0 Å². The van der Waals surface area contributed by atoms with Crippen LogP contribution in [0.25, 0.3) is 5.20 Å². The van der Waals surface area contributed by atoms with Crippen molar-refractivity contribution in [3.63, 3.8) is 0 Å². The first-order valence-corrected chi connectivity index (χ1v) is 6.61. The van der Waals surface area contributed by atoms with Gasteiger partial charge in [-0.05, 0) is 5.56 Å². The Morgan fingerprint density at radius 1 is 1.06 bits per heavy atom. The zero-order valence-corrected chi connectivity index (χ0v) is 11.0. The smallest absolute Gasteiger partial charge is 0.483 e. The topological polar surface area (TPSA) is 52.6 Å². The Balaban J connectivity index is 2.86. The lowest BCUT2D eigenvalue weighted by atomic mass is 10.2. The summed E-state index contributed by atoms with van der Waals surface area (Å²) < 4.78 is 10.1. The molecule has 0 heterocycles. The van der Waals surface area contributed by atoms with Gasteiger partial charge in [0.1, 0.15) is 0 Å². The molecule has 0 radical (unpaired) electrons. The summed E-state index contributed by atoms with van der Waals surface area (Å²) in [5, 5.41) is 0.566. The highest BCUT2D eigenvalue weighted by molar-refractivity contribution is 6.70. The average Bonchev–Trinajstić information content (AvgIpc) is 2.27. The Hall–Kier alpha value is -1.88. The summed E-state index contributed by atoms with van der Waals surface area (Å²) in [6.07, 6.45) is 0. The van der Waals surface area contributed by atoms with Crippen LogP contribution in [0.5, 0.6) is 0 Å². The van der Waals surface area contributed by atoms with E-state index in [4.69, 9.17) is 8.85 Å². The number of benzene rings is 1. The zero-order chi connectivity index (χ0) is 12.8. The van der Waals surface area contributed by atoms with Gasteiger partial charge in [-0.15, -0.1) is 0 Å². The molecule has 90 valence electrons. The summed E-state index contributed by atoms with van der Waals surface area (Å²) in [6, 6.07) is 9.21. The van der Waals surface area contributed by atoms with Gasteiger partial charge in [-0.3, -0.25) is 9.59 Å². The van der Waals surface area contributed by atoms with Crippen molar-refractivity contribution in [1.29, 1.82) is 0 Å². The maximum Gasteiger partial charge on any atom is 0.483 e. The van der Waals surface area contributed by atoms with E-state index in [0.717, 1.165) is 5.56 Å². The average molecular weight is 250 g/mol. The SMILES string of the molecule is C=C(c1ccccc1)[SiH](OC(C)=O)OC(C)=O. The monoisotopic (exact) mass is 250 g/mol. The Kier molecular flexibility index (Phi) is 4.65. The van der Waals surface area contributed by atoms with Gasteiger partial charge in [0, 0.05) is 19.0 Å². The molecule has 0 fully saturated rings. The second kappa shape index (κ2) is 6.00. The van der Waals surface area contributed by atoms with Crippen LogP contribution < -0.4 is 0 Å². The van der Waals surface area contributed by atoms with Crippen molar-refractivity contribution in [2.45, 2.75) is 13.8 Å². The number of hydrogen-bond donors (Lipinski definition) is 0. The Morgan fingerprint density at radius 3 is 1.94 bits per heavy atom. The molecule has 0 aromatic heterocycles. The number of carbonyl (C=O) groups is 2. The van der Waals surface area contributed by atoms with E-state index in [-0.39, 0.29) is 0 Å². The van der Waals surface area contributed by atoms with E-state index in [1.807, 2.05) is 30.3 Å². The molecule has 0 amide bonds. The summed E-state index contributed by atoms with van der Waals surface area (Å²) in [5.41, 5.74) is 0.812. The van der Waals surface area contributed by atoms with E-state index in [1.54, 1.807) is 0 Å². The van der Waals surface area contributed by atoms with E-state index in [1.165, 1.54) is 13.8 Å². The largest absolute Gasteiger partial charge is 0.484 e. The van der Waals surface area contributed by atoms with E-state index in [2.05, 4.69) is 6.58 Å². The lowest BCUT2D eigenvalue weighted by molar-refractivity contribution is -0.137. The van der Waals surface area contributed by atoms with Crippen LogP contribution in [0.15, 0.2) is 36.9 Å². The number of rotatable bonds is 4. The molecule has 0 aliphatic carbocycles. The first-order chi connectivity index (χ1) is 8.00. The van der Waals surface area contributed by atoms with Gasteiger partial charge in [-0.25, -0.2) is 0 Å². The van der Waals surface area contributed by atoms with Crippen LogP contribution in [0.3, 0.4) is 0 Å². The molecule has 0 unspecified atom stereocenters. The maximum absolute atomic E-state index is 11.0. The third kappa shape index (κ3) is 4.24. The Morgan fingerprint density at radius 2 is 1.53 bits per heavy atom. The van der Waals surface area contributed by atoms with Crippen LogP contribution in [0.4, 0.5) is 0 Å². The fourth-order valence-electron chi connectivity index (χ4n) is 1.26. The van der Waals surface area contributed by atoms with Crippen LogP contribution in [-0.2, 0) is 18.4 Å². The van der Waals surface area contributed by atoms with Crippen molar-refractivity contribution < 1.29 is 18.4 Å². The fraction of sp³-hybridized carbons (Fsp3) is 0.167. The lowest BCUT2D eigenvalue weighted by Crippen LogP contribution is -2.29. The van der Waals surface area contributed by atoms with Gasteiger partial charge in [0.2, 0.25) is 0 Å². The Bertz CT molecular complexity index is 411. The third-order valence-electron chi connectivity index (χ3n) is 1.98. The quantitative estimate of drug-likeness (QED) is 0.761. The molecule has 0 atom stereocenters. The van der Waals surface area contributed by atoms with Gasteiger partial charge in [-0.2, -0.15) is 0 Å². The van der Waals surface area contributed by atoms with Crippen LogP contribution in [0, 0.1) is 0 Å². The van der Waals surface area contributed by atoms with Gasteiger partial charge in [-0.1, -0.05) is 36.9 Å². The molecule has 1 aromatic rings. The van der Waals surface area contributed by atoms with Crippen LogP contribution in [0.1, 0.15) is 19.4 Å². The van der Waals surface area contributed by atoms with Gasteiger partial charge < -0.3 is 8.85 Å². The van der Waals surface area contributed by atoms with Crippen molar-refractivity contribution in [2.24, 2.45) is 0 Å². The summed E-state index contributed by atoms with van der Waals surface area (Å²) >= 11 is 0. The minimum Gasteiger partial charge on any atom is -0.484 e. The van der Waals surface area contributed by atoms with E-state index < -0.39 is 21.2 Å². The molecule has 4 nitrogen and oxygen atoms in total. The molecule has 1 rings (SSSR count). The molecular formula is C12H14O4Si. The number of hydrogen-bond acceptors (Lipinski definition) is 4. The number of carbonyl (C=O) groups excluding carboxylic acids is 2. The molecule has 17 heavy (non-hydrogen) atoms. The fourth-order valence-corrected chi connectivity index (χ4v) is 2.66. The van der Waals surface area contributed by atoms with Gasteiger partial charge >= 0.3 is 9.28 Å². The molecule has 0 bridgehead atoms. The predicted molar refractivity (Wildman–Crippen MR) is 66.2 cm³/mol. The standard InChI is InChI=1S/C12H14O4Si/c1-9(12-7-5-4-6-8-12)17(15-10(2)13)16-11(3)14/h4-8,17H,1H2,2-3H3. The maximum atomic E-state index is 11.0. The first-order valence-electron chi connectivity index (χ1n) is 5.09. The second-order valence-electron chi connectivity index (χ2n) is 3.44. The normalized spacial score (nSPS) is 9.82. The second-order valence-corrected chi connectivity index (χ2v) is 5.27. The molecule has 0 aliphatic heterocycles. The third-order valence-corrected chi connectivity index (χ3v) is 3.97. The van der Waals surface area contributed by atoms with E-state index in [9.17, 15) is 9.59 Å². The highest BCUT2D eigenvalue weighted by Crippen LogP contribution is 2.16. The molecule has 0 aliphatic rings. The van der Waals surface area contributed by atoms with Crippen molar-refractivity contribution >= 4 is 26.4 Å². The summed E-state index contributed by atoms with van der Waals surface area (Å²) in [6.45, 7) is 6.40. The van der Waals surface area contributed by atoms with Crippen LogP contribution in [0.2, 0.25) is 0 Å². The summed E-state index contributed by atoms with van der Waals surface area (Å²) in [7, 11) is -2.56. The molecule has 1 aromatic carbocycles. The minimum absolute atomic E-state index is 0.472. The molecule has 0 saturated heterocycles. The van der Waals surface area contributed by atoms with Gasteiger partial charge in [0.25, 0.3) is 11.9 Å². The minimum atomic E-state index is -2.56. The van der Waals surface area contributed by atoms with E-state index >= 15 is 0 Å². The van der Waals surface area contributed by atoms with Crippen LogP contribution >= 0.6 is 0 Å².